The summed E-state index contributed by atoms with van der Waals surface area (Å²) < 4.78 is 3.07. The average Bonchev–Trinajstić information content (AvgIpc) is 3.08. The Morgan fingerprint density at radius 3 is 2.28 bits per heavy atom. The Bertz CT molecular complexity index is 1220. The van der Waals surface area contributed by atoms with Gasteiger partial charge < -0.3 is 22.7 Å². The Balaban J connectivity index is 0.00000289. The first-order chi connectivity index (χ1) is 14.9. The Hall–Kier alpha value is -2.12. The lowest BCUT2D eigenvalue weighted by molar-refractivity contribution is -0.597. The zero-order valence-corrected chi connectivity index (χ0v) is 21.6. The SMILES string of the molecule is Cc1cc(C)c[n+](-c2c(SCc3ccccc3)sc(C(=O)c3ccc(Cl)cc3)c2N)c1.[Br-]. The number of nitrogens with two attached hydrogens (primary N) is 1. The summed E-state index contributed by atoms with van der Waals surface area (Å²) in [5, 5.41) is 0.598. The fraction of sp³-hybridized carbons (Fsp3) is 0.120. The Labute approximate surface area is 212 Å². The van der Waals surface area contributed by atoms with Gasteiger partial charge in [-0.05, 0) is 49.7 Å². The van der Waals surface area contributed by atoms with Crippen molar-refractivity contribution in [3.05, 3.63) is 105 Å². The van der Waals surface area contributed by atoms with E-state index < -0.39 is 0 Å². The summed E-state index contributed by atoms with van der Waals surface area (Å²) >= 11 is 9.15. The Morgan fingerprint density at radius 2 is 1.66 bits per heavy atom. The fourth-order valence-corrected chi connectivity index (χ4v) is 5.96. The molecular weight excluding hydrogens is 524 g/mol. The van der Waals surface area contributed by atoms with Crippen LogP contribution in [0.4, 0.5) is 5.69 Å². The lowest BCUT2D eigenvalue weighted by Gasteiger charge is -2.03. The van der Waals surface area contributed by atoms with Crippen LogP contribution in [0.3, 0.4) is 0 Å². The van der Waals surface area contributed by atoms with Crippen LogP contribution in [0.1, 0.15) is 31.9 Å². The number of halogens is 2. The molecule has 32 heavy (non-hydrogen) atoms. The smallest absolute Gasteiger partial charge is 0.259 e. The number of anilines is 1. The van der Waals surface area contributed by atoms with E-state index >= 15 is 0 Å². The van der Waals surface area contributed by atoms with Crippen molar-refractivity contribution in [3.63, 3.8) is 0 Å². The first-order valence-corrected chi connectivity index (χ1v) is 12.0. The van der Waals surface area contributed by atoms with E-state index in [0.717, 1.165) is 26.8 Å². The molecule has 2 aromatic carbocycles. The molecule has 4 aromatic rings. The summed E-state index contributed by atoms with van der Waals surface area (Å²) in [6.45, 7) is 4.12. The lowest BCUT2D eigenvalue weighted by Crippen LogP contribution is -3.00. The van der Waals surface area contributed by atoms with Crippen molar-refractivity contribution < 1.29 is 26.3 Å². The number of pyridine rings is 1. The number of hydrogen-bond acceptors (Lipinski definition) is 4. The van der Waals surface area contributed by atoms with Gasteiger partial charge in [-0.15, -0.1) is 23.1 Å². The molecule has 2 N–H and O–H groups in total. The van der Waals surface area contributed by atoms with Crippen LogP contribution in [0, 0.1) is 13.8 Å². The summed E-state index contributed by atoms with van der Waals surface area (Å²) in [4.78, 5) is 13.8. The number of aryl methyl sites for hydroxylation is 2. The van der Waals surface area contributed by atoms with Crippen molar-refractivity contribution in [1.82, 2.24) is 0 Å². The van der Waals surface area contributed by atoms with E-state index in [1.165, 1.54) is 16.9 Å². The molecule has 0 amide bonds. The highest BCUT2D eigenvalue weighted by atomic mass is 79.9. The zero-order chi connectivity index (χ0) is 22.0. The second-order valence-corrected chi connectivity index (χ2v) is 10.1. The molecule has 7 heteroatoms. The molecule has 3 nitrogen and oxygen atoms in total. The highest BCUT2D eigenvalue weighted by molar-refractivity contribution is 8.00. The topological polar surface area (TPSA) is 47.0 Å². The third-order valence-electron chi connectivity index (χ3n) is 4.81. The first kappa shape index (κ1) is 24.5. The van der Waals surface area contributed by atoms with Gasteiger partial charge in [-0.1, -0.05) is 41.9 Å². The Morgan fingerprint density at radius 1 is 1.03 bits per heavy atom. The molecule has 0 saturated carbocycles. The van der Waals surface area contributed by atoms with Gasteiger partial charge in [0.15, 0.2) is 12.4 Å². The van der Waals surface area contributed by atoms with E-state index in [4.69, 9.17) is 17.3 Å². The van der Waals surface area contributed by atoms with E-state index in [1.54, 1.807) is 36.0 Å². The zero-order valence-electron chi connectivity index (χ0n) is 17.6. The number of carbonyl (C=O) groups is 1. The number of rotatable bonds is 6. The molecular formula is C25H22BrClN2OS2. The number of nitrogen functional groups attached to an aromatic ring is 1. The lowest BCUT2D eigenvalue weighted by atomic mass is 10.1. The van der Waals surface area contributed by atoms with Gasteiger partial charge in [0.1, 0.15) is 14.8 Å². The van der Waals surface area contributed by atoms with Crippen LogP contribution in [-0.2, 0) is 5.75 Å². The van der Waals surface area contributed by atoms with Gasteiger partial charge in [-0.25, -0.2) is 0 Å². The van der Waals surface area contributed by atoms with Gasteiger partial charge in [0, 0.05) is 27.5 Å². The summed E-state index contributed by atoms with van der Waals surface area (Å²) in [5.74, 6) is 0.713. The maximum absolute atomic E-state index is 13.3. The van der Waals surface area contributed by atoms with E-state index in [0.29, 0.717) is 21.2 Å². The highest BCUT2D eigenvalue weighted by Gasteiger charge is 2.29. The third kappa shape index (κ3) is 5.44. The van der Waals surface area contributed by atoms with Gasteiger partial charge in [0.2, 0.25) is 5.78 Å². The van der Waals surface area contributed by atoms with Crippen molar-refractivity contribution in [2.75, 3.05) is 5.73 Å². The van der Waals surface area contributed by atoms with Crippen LogP contribution in [0.2, 0.25) is 5.02 Å². The summed E-state index contributed by atoms with van der Waals surface area (Å²) in [7, 11) is 0. The van der Waals surface area contributed by atoms with Gasteiger partial charge in [0.25, 0.3) is 5.69 Å². The maximum atomic E-state index is 13.3. The second kappa shape index (κ2) is 10.7. The molecule has 0 radical (unpaired) electrons. The number of carbonyl (C=O) groups excluding carboxylic acids is 1. The quantitative estimate of drug-likeness (QED) is 0.230. The minimum atomic E-state index is -0.0862. The molecule has 0 bridgehead atoms. The predicted octanol–water partition coefficient (Wildman–Crippen LogP) is 3.40. The van der Waals surface area contributed by atoms with Crippen LogP contribution >= 0.6 is 34.7 Å². The highest BCUT2D eigenvalue weighted by Crippen LogP contribution is 2.41. The molecule has 164 valence electrons. The number of ketones is 1. The van der Waals surface area contributed by atoms with E-state index in [9.17, 15) is 4.79 Å². The summed E-state index contributed by atoms with van der Waals surface area (Å²) in [6, 6.07) is 19.3. The van der Waals surface area contributed by atoms with Crippen LogP contribution < -0.4 is 27.3 Å². The van der Waals surface area contributed by atoms with Gasteiger partial charge in [-0.2, -0.15) is 4.57 Å². The summed E-state index contributed by atoms with van der Waals surface area (Å²) in [5.41, 5.74) is 12.1. The number of nitrogens with zero attached hydrogens (tertiary/aromatic N) is 1. The van der Waals surface area contributed by atoms with Crippen molar-refractivity contribution in [2.24, 2.45) is 0 Å². The van der Waals surface area contributed by atoms with Crippen molar-refractivity contribution >= 4 is 46.2 Å². The van der Waals surface area contributed by atoms with Crippen LogP contribution in [0.15, 0.2) is 77.3 Å². The van der Waals surface area contributed by atoms with Crippen molar-refractivity contribution in [2.45, 2.75) is 23.8 Å². The average molecular weight is 546 g/mol. The van der Waals surface area contributed by atoms with E-state index in [1.807, 2.05) is 22.8 Å². The predicted molar refractivity (Wildman–Crippen MR) is 131 cm³/mol. The van der Waals surface area contributed by atoms with Crippen LogP contribution in [0.25, 0.3) is 5.69 Å². The Kier molecular flexibility index (Phi) is 8.17. The molecule has 0 spiro atoms. The van der Waals surface area contributed by atoms with Gasteiger partial charge >= 0.3 is 0 Å². The van der Waals surface area contributed by atoms with Crippen molar-refractivity contribution in [3.8, 4) is 5.69 Å². The number of aromatic nitrogens is 1. The molecule has 0 aliphatic rings. The summed E-state index contributed by atoms with van der Waals surface area (Å²) in [6.07, 6.45) is 4.10. The van der Waals surface area contributed by atoms with Crippen LogP contribution in [-0.4, -0.2) is 5.78 Å². The van der Waals surface area contributed by atoms with E-state index in [2.05, 4.69) is 44.4 Å². The fourth-order valence-electron chi connectivity index (χ4n) is 3.42. The minimum absolute atomic E-state index is 0. The largest absolute Gasteiger partial charge is 1.00 e. The van der Waals surface area contributed by atoms with Gasteiger partial charge in [-0.3, -0.25) is 4.79 Å². The van der Waals surface area contributed by atoms with Gasteiger partial charge in [0.05, 0.1) is 0 Å². The first-order valence-electron chi connectivity index (χ1n) is 9.81. The number of hydrogen-bond donors (Lipinski definition) is 1. The molecule has 0 aliphatic heterocycles. The molecule has 2 heterocycles. The van der Waals surface area contributed by atoms with E-state index in [-0.39, 0.29) is 22.8 Å². The number of thioether (sulfide) groups is 1. The standard InChI is InChI=1S/C25H21ClN2OS2.BrH/c1-16-12-17(2)14-28(13-16)22-21(27)24(23(29)19-8-10-20(26)11-9-19)31-25(22)30-15-18-6-4-3-5-7-18;/h3-14H,15H2,1-2H3,(H-,27,29);1H. The molecule has 0 unspecified atom stereocenters. The second-order valence-electron chi connectivity index (χ2n) is 7.39. The molecule has 0 saturated heterocycles. The molecule has 4 rings (SSSR count). The number of benzene rings is 2. The van der Waals surface area contributed by atoms with Crippen LogP contribution in [0.5, 0.6) is 0 Å². The van der Waals surface area contributed by atoms with Crippen molar-refractivity contribution in [1.29, 1.82) is 0 Å². The minimum Gasteiger partial charge on any atom is -1.00 e. The number of thiophene rings is 1. The molecule has 0 fully saturated rings. The maximum Gasteiger partial charge on any atom is 0.259 e. The normalized spacial score (nSPS) is 10.6. The molecule has 0 atom stereocenters. The molecule has 0 aliphatic carbocycles. The monoisotopic (exact) mass is 544 g/mol. The molecule has 2 aromatic heterocycles. The third-order valence-corrected chi connectivity index (χ3v) is 7.59.